The minimum absolute atomic E-state index is 0.100. The number of rotatable bonds is 4. The Kier molecular flexibility index (Phi) is 4.90. The highest BCUT2D eigenvalue weighted by Gasteiger charge is 2.32. The van der Waals surface area contributed by atoms with E-state index < -0.39 is 6.10 Å². The fourth-order valence-corrected chi connectivity index (χ4v) is 2.25. The van der Waals surface area contributed by atoms with Crippen LogP contribution in [-0.2, 0) is 14.3 Å². The van der Waals surface area contributed by atoms with Crippen LogP contribution in [-0.4, -0.2) is 55.4 Å². The quantitative estimate of drug-likeness (QED) is 0.866. The number of aliphatic hydroxyl groups excluding tert-OH is 1. The van der Waals surface area contributed by atoms with Crippen LogP contribution in [0.15, 0.2) is 30.3 Å². The van der Waals surface area contributed by atoms with Crippen molar-refractivity contribution in [3.8, 4) is 0 Å². The number of amides is 1. The minimum Gasteiger partial charge on any atom is -0.394 e. The first-order chi connectivity index (χ1) is 9.27. The number of nitrogens with zero attached hydrogens (tertiary/aromatic N) is 1. The molecule has 1 aromatic rings. The Morgan fingerprint density at radius 3 is 2.89 bits per heavy atom. The lowest BCUT2D eigenvalue weighted by Gasteiger charge is -2.36. The van der Waals surface area contributed by atoms with E-state index in [0.717, 1.165) is 5.56 Å². The Bertz CT molecular complexity index is 409. The van der Waals surface area contributed by atoms with Crippen molar-refractivity contribution in [1.29, 1.82) is 0 Å². The number of hydrogen-bond acceptors (Lipinski definition) is 4. The van der Waals surface area contributed by atoms with Crippen molar-refractivity contribution in [3.63, 3.8) is 0 Å². The first-order valence-corrected chi connectivity index (χ1v) is 6.34. The molecule has 104 valence electrons. The maximum absolute atomic E-state index is 12.5. The fourth-order valence-electron chi connectivity index (χ4n) is 2.25. The third-order valence-electron chi connectivity index (χ3n) is 3.28. The van der Waals surface area contributed by atoms with Gasteiger partial charge in [0.05, 0.1) is 25.9 Å². The molecule has 1 aliphatic heterocycles. The molecule has 0 spiro atoms. The molecule has 2 unspecified atom stereocenters. The lowest BCUT2D eigenvalue weighted by Crippen LogP contribution is -2.52. The molecule has 1 saturated heterocycles. The molecule has 1 aliphatic rings. The summed E-state index contributed by atoms with van der Waals surface area (Å²) in [5.41, 5.74) is 0.818. The van der Waals surface area contributed by atoms with Crippen molar-refractivity contribution in [2.75, 3.05) is 33.5 Å². The number of morpholine rings is 1. The second kappa shape index (κ2) is 6.65. The zero-order chi connectivity index (χ0) is 13.7. The molecule has 1 amide bonds. The number of carbonyl (C=O) groups excluding carboxylic acids is 1. The molecule has 5 nitrogen and oxygen atoms in total. The highest BCUT2D eigenvalue weighted by molar-refractivity contribution is 5.82. The Balaban J connectivity index is 2.16. The molecule has 1 fully saturated rings. The monoisotopic (exact) mass is 265 g/mol. The molecule has 0 bridgehead atoms. The van der Waals surface area contributed by atoms with Crippen LogP contribution in [0.4, 0.5) is 0 Å². The Morgan fingerprint density at radius 2 is 2.26 bits per heavy atom. The molecule has 0 aromatic heterocycles. The molecule has 1 heterocycles. The van der Waals surface area contributed by atoms with E-state index in [2.05, 4.69) is 0 Å². The van der Waals surface area contributed by atoms with Gasteiger partial charge in [-0.2, -0.15) is 0 Å². The Labute approximate surface area is 112 Å². The molecule has 5 heteroatoms. The summed E-state index contributed by atoms with van der Waals surface area (Å²) >= 11 is 0. The van der Waals surface area contributed by atoms with Gasteiger partial charge in [0.1, 0.15) is 0 Å². The summed E-state index contributed by atoms with van der Waals surface area (Å²) < 4.78 is 10.6. The summed E-state index contributed by atoms with van der Waals surface area (Å²) in [6.07, 6.45) is -0.631. The fraction of sp³-hybridized carbons (Fsp3) is 0.500. The number of methoxy groups -OCH3 is 1. The summed E-state index contributed by atoms with van der Waals surface area (Å²) in [6.45, 7) is 1.24. The maximum atomic E-state index is 12.5. The van der Waals surface area contributed by atoms with Crippen molar-refractivity contribution < 1.29 is 19.4 Å². The lowest BCUT2D eigenvalue weighted by molar-refractivity contribution is -0.152. The Hall–Kier alpha value is -1.43. The molecule has 19 heavy (non-hydrogen) atoms. The second-order valence-electron chi connectivity index (χ2n) is 4.47. The summed E-state index contributed by atoms with van der Waals surface area (Å²) in [6, 6.07) is 9.07. The number of benzene rings is 1. The van der Waals surface area contributed by atoms with E-state index in [9.17, 15) is 9.90 Å². The van der Waals surface area contributed by atoms with Crippen LogP contribution >= 0.6 is 0 Å². The summed E-state index contributed by atoms with van der Waals surface area (Å²) in [4.78, 5) is 14.2. The third kappa shape index (κ3) is 3.12. The minimum atomic E-state index is -0.631. The lowest BCUT2D eigenvalue weighted by atomic mass is 10.1. The van der Waals surface area contributed by atoms with Gasteiger partial charge in [-0.3, -0.25) is 4.79 Å². The van der Waals surface area contributed by atoms with Crippen molar-refractivity contribution >= 4 is 5.91 Å². The van der Waals surface area contributed by atoms with Crippen molar-refractivity contribution in [2.45, 2.75) is 12.1 Å². The van der Waals surface area contributed by atoms with Gasteiger partial charge in [-0.15, -0.1) is 0 Å². The summed E-state index contributed by atoms with van der Waals surface area (Å²) in [5.74, 6) is -0.129. The van der Waals surface area contributed by atoms with Crippen LogP contribution < -0.4 is 0 Å². The predicted octanol–water partition coefficient (Wildman–Crippen LogP) is 0.594. The SMILES string of the molecule is COC(C(=O)N1CCOCC1CO)c1ccccc1. The van der Waals surface area contributed by atoms with E-state index in [-0.39, 0.29) is 18.6 Å². The number of hydrogen-bond donors (Lipinski definition) is 1. The van der Waals surface area contributed by atoms with Gasteiger partial charge in [0.2, 0.25) is 0 Å². The summed E-state index contributed by atoms with van der Waals surface area (Å²) in [7, 11) is 1.52. The van der Waals surface area contributed by atoms with Crippen LogP contribution in [0, 0.1) is 0 Å². The highest BCUT2D eigenvalue weighted by Crippen LogP contribution is 2.21. The normalized spacial score (nSPS) is 21.2. The van der Waals surface area contributed by atoms with Crippen molar-refractivity contribution in [1.82, 2.24) is 4.90 Å². The zero-order valence-corrected chi connectivity index (χ0v) is 11.0. The molecule has 2 atom stereocenters. The molecule has 1 aromatic carbocycles. The predicted molar refractivity (Wildman–Crippen MR) is 69.6 cm³/mol. The van der Waals surface area contributed by atoms with Gasteiger partial charge >= 0.3 is 0 Å². The molecular formula is C14H19NO4. The van der Waals surface area contributed by atoms with Crippen LogP contribution in [0.5, 0.6) is 0 Å². The molecular weight excluding hydrogens is 246 g/mol. The molecule has 1 N–H and O–H groups in total. The standard InChI is InChI=1S/C14H19NO4/c1-18-13(11-5-3-2-4-6-11)14(17)15-7-8-19-10-12(15)9-16/h2-6,12-13,16H,7-10H2,1H3. The van der Waals surface area contributed by atoms with E-state index in [1.54, 1.807) is 4.90 Å². The van der Waals surface area contributed by atoms with Gasteiger partial charge in [0, 0.05) is 13.7 Å². The average molecular weight is 265 g/mol. The second-order valence-corrected chi connectivity index (χ2v) is 4.47. The first kappa shape index (κ1) is 14.0. The van der Waals surface area contributed by atoms with Gasteiger partial charge in [-0.05, 0) is 5.56 Å². The van der Waals surface area contributed by atoms with E-state index in [4.69, 9.17) is 9.47 Å². The first-order valence-electron chi connectivity index (χ1n) is 6.34. The van der Waals surface area contributed by atoms with Crippen molar-refractivity contribution in [3.05, 3.63) is 35.9 Å². The van der Waals surface area contributed by atoms with Gasteiger partial charge in [0.25, 0.3) is 5.91 Å². The largest absolute Gasteiger partial charge is 0.394 e. The molecule has 0 saturated carbocycles. The van der Waals surface area contributed by atoms with Gasteiger partial charge < -0.3 is 19.5 Å². The molecule has 0 radical (unpaired) electrons. The zero-order valence-electron chi connectivity index (χ0n) is 11.0. The highest BCUT2D eigenvalue weighted by atomic mass is 16.5. The third-order valence-corrected chi connectivity index (χ3v) is 3.28. The molecule has 0 aliphatic carbocycles. The maximum Gasteiger partial charge on any atom is 0.256 e. The van der Waals surface area contributed by atoms with E-state index >= 15 is 0 Å². The Morgan fingerprint density at radius 1 is 1.53 bits per heavy atom. The number of aliphatic hydroxyl groups is 1. The molecule has 2 rings (SSSR count). The van der Waals surface area contributed by atoms with E-state index in [1.807, 2.05) is 30.3 Å². The average Bonchev–Trinajstić information content (AvgIpc) is 2.49. The van der Waals surface area contributed by atoms with E-state index in [0.29, 0.717) is 19.8 Å². The topological polar surface area (TPSA) is 59.0 Å². The van der Waals surface area contributed by atoms with Gasteiger partial charge in [-0.25, -0.2) is 0 Å². The summed E-state index contributed by atoms with van der Waals surface area (Å²) in [5, 5.41) is 9.32. The van der Waals surface area contributed by atoms with Crippen LogP contribution in [0.25, 0.3) is 0 Å². The number of ether oxygens (including phenoxy) is 2. The smallest absolute Gasteiger partial charge is 0.256 e. The van der Waals surface area contributed by atoms with Gasteiger partial charge in [-0.1, -0.05) is 30.3 Å². The van der Waals surface area contributed by atoms with Gasteiger partial charge in [0.15, 0.2) is 6.10 Å². The van der Waals surface area contributed by atoms with Crippen LogP contribution in [0.3, 0.4) is 0 Å². The number of carbonyl (C=O) groups is 1. The van der Waals surface area contributed by atoms with Crippen molar-refractivity contribution in [2.24, 2.45) is 0 Å². The van der Waals surface area contributed by atoms with Crippen LogP contribution in [0.1, 0.15) is 11.7 Å². The van der Waals surface area contributed by atoms with E-state index in [1.165, 1.54) is 7.11 Å². The van der Waals surface area contributed by atoms with Crippen LogP contribution in [0.2, 0.25) is 0 Å².